The molecule has 0 aromatic rings. The average molecular weight is 619 g/mol. The number of aliphatic hydroxyl groups is 2. The maximum atomic E-state index is 13.8. The molecule has 7 atom stereocenters. The van der Waals surface area contributed by atoms with E-state index in [2.05, 4.69) is 5.32 Å². The highest BCUT2D eigenvalue weighted by atomic mass is 16.7. The second-order valence-corrected chi connectivity index (χ2v) is 12.2. The van der Waals surface area contributed by atoms with Gasteiger partial charge in [0, 0.05) is 31.3 Å². The first-order chi connectivity index (χ1) is 20.6. The zero-order valence-corrected chi connectivity index (χ0v) is 26.7. The molecule has 2 amide bonds. The zero-order valence-electron chi connectivity index (χ0n) is 26.7. The molecule has 12 nitrogen and oxygen atoms in total. The van der Waals surface area contributed by atoms with Crippen molar-refractivity contribution in [1.29, 1.82) is 0 Å². The van der Waals surface area contributed by atoms with Crippen molar-refractivity contribution in [2.24, 2.45) is 17.6 Å². The molecular weight excluding hydrogens is 572 g/mol. The van der Waals surface area contributed by atoms with E-state index >= 15 is 0 Å². The Labute approximate surface area is 258 Å². The number of aliphatic hydroxyl groups excluding tert-OH is 1. The van der Waals surface area contributed by atoms with Crippen molar-refractivity contribution in [1.82, 2.24) is 5.32 Å². The van der Waals surface area contributed by atoms with E-state index in [0.717, 1.165) is 0 Å². The minimum absolute atomic E-state index is 0.0512. The summed E-state index contributed by atoms with van der Waals surface area (Å²) >= 11 is 0. The number of allylic oxidation sites excluding steroid dienone is 3. The van der Waals surface area contributed by atoms with Crippen LogP contribution in [0.15, 0.2) is 58.6 Å². The number of ketones is 1. The number of Topliss-reactive ketones (excluding diaryl/α,β-unsaturated/α-hetero) is 1. The summed E-state index contributed by atoms with van der Waals surface area (Å²) in [5.74, 6) is -1.47. The van der Waals surface area contributed by atoms with Crippen LogP contribution in [0.3, 0.4) is 0 Å². The van der Waals surface area contributed by atoms with Gasteiger partial charge in [0.1, 0.15) is 11.9 Å². The lowest BCUT2D eigenvalue weighted by Gasteiger charge is -2.39. The molecule has 0 saturated carbocycles. The second-order valence-electron chi connectivity index (χ2n) is 12.2. The molecule has 0 radical (unpaired) electrons. The molecular formula is C32H46N2O10. The molecule has 2 heterocycles. The van der Waals surface area contributed by atoms with Crippen molar-refractivity contribution >= 4 is 17.8 Å². The van der Waals surface area contributed by atoms with Crippen LogP contribution in [0.25, 0.3) is 0 Å². The number of nitrogens with one attached hydrogen (secondary N) is 1. The molecule has 244 valence electrons. The maximum absolute atomic E-state index is 13.8. The summed E-state index contributed by atoms with van der Waals surface area (Å²) in [6.07, 6.45) is 4.11. The van der Waals surface area contributed by atoms with E-state index < -0.39 is 59.3 Å². The zero-order chi connectivity index (χ0) is 33.0. The van der Waals surface area contributed by atoms with E-state index in [4.69, 9.17) is 29.4 Å². The molecule has 1 saturated heterocycles. The molecule has 1 fully saturated rings. The van der Waals surface area contributed by atoms with Crippen LogP contribution >= 0.6 is 0 Å². The topological polar surface area (TPSA) is 176 Å². The van der Waals surface area contributed by atoms with Crippen LogP contribution in [0.4, 0.5) is 4.79 Å². The molecule has 2 aliphatic heterocycles. The Hall–Kier alpha value is -3.29. The van der Waals surface area contributed by atoms with Gasteiger partial charge in [0.25, 0.3) is 5.91 Å². The van der Waals surface area contributed by atoms with Crippen LogP contribution in [0, 0.1) is 11.8 Å². The molecule has 1 aliphatic carbocycles. The minimum atomic E-state index is -1.52. The number of methoxy groups -OCH3 is 2. The number of hydrogen-bond donors (Lipinski definition) is 4. The third-order valence-electron chi connectivity index (χ3n) is 8.33. The molecule has 2 bridgehead atoms. The van der Waals surface area contributed by atoms with E-state index in [1.165, 1.54) is 26.4 Å². The van der Waals surface area contributed by atoms with Gasteiger partial charge in [-0.25, -0.2) is 4.79 Å². The first kappa shape index (κ1) is 35.2. The maximum Gasteiger partial charge on any atom is 0.405 e. The summed E-state index contributed by atoms with van der Waals surface area (Å²) in [6, 6.07) is 0. The van der Waals surface area contributed by atoms with Crippen LogP contribution in [0.1, 0.15) is 54.4 Å². The first-order valence-corrected chi connectivity index (χ1v) is 14.6. The number of carbonyl (C=O) groups is 3. The van der Waals surface area contributed by atoms with E-state index in [1.54, 1.807) is 45.9 Å². The van der Waals surface area contributed by atoms with Crippen molar-refractivity contribution < 1.29 is 48.3 Å². The fourth-order valence-corrected chi connectivity index (χ4v) is 5.82. The van der Waals surface area contributed by atoms with Gasteiger partial charge in [-0.05, 0) is 58.1 Å². The minimum Gasteiger partial charge on any atom is -0.468 e. The summed E-state index contributed by atoms with van der Waals surface area (Å²) in [5, 5.41) is 25.2. The molecule has 0 aromatic carbocycles. The van der Waals surface area contributed by atoms with Gasteiger partial charge >= 0.3 is 6.09 Å². The normalized spacial score (nSPS) is 35.7. The number of carbonyl (C=O) groups excluding carboxylic acids is 3. The molecule has 0 aromatic heterocycles. The summed E-state index contributed by atoms with van der Waals surface area (Å²) in [6.45, 7) is 9.93. The average Bonchev–Trinajstić information content (AvgIpc) is 3.39. The van der Waals surface area contributed by atoms with Gasteiger partial charge < -0.3 is 44.9 Å². The van der Waals surface area contributed by atoms with Gasteiger partial charge in [0.15, 0.2) is 18.5 Å². The van der Waals surface area contributed by atoms with Gasteiger partial charge in [-0.3, -0.25) is 9.59 Å². The number of hydrogen-bond acceptors (Lipinski definition) is 10. The fourth-order valence-electron chi connectivity index (χ4n) is 5.82. The molecule has 0 spiro atoms. The summed E-state index contributed by atoms with van der Waals surface area (Å²) < 4.78 is 28.4. The second kappa shape index (κ2) is 14.2. The SMILES string of the molecule is CO[C@H]1/C=C\C=C(/C)C(=O)NC2=C[C@@]3(C(C)(C)O)OCOC3=C(C[C@@H](C)C[C@H](OC)[C@H](O)[C@@H](C)/C=C(\C)[C@@H]1OC(N)=O)C2=O. The lowest BCUT2D eigenvalue weighted by atomic mass is 9.75. The highest BCUT2D eigenvalue weighted by Gasteiger charge is 2.56. The van der Waals surface area contributed by atoms with Gasteiger partial charge in [0.2, 0.25) is 5.78 Å². The number of nitrogens with two attached hydrogens (primary N) is 1. The van der Waals surface area contributed by atoms with Crippen molar-refractivity contribution in [2.45, 2.75) is 90.0 Å². The predicted molar refractivity (Wildman–Crippen MR) is 161 cm³/mol. The first-order valence-electron chi connectivity index (χ1n) is 14.6. The van der Waals surface area contributed by atoms with Crippen molar-refractivity contribution in [3.63, 3.8) is 0 Å². The largest absolute Gasteiger partial charge is 0.468 e. The Morgan fingerprint density at radius 1 is 1.18 bits per heavy atom. The Bertz CT molecular complexity index is 1270. The third kappa shape index (κ3) is 7.49. The van der Waals surface area contributed by atoms with Crippen molar-refractivity contribution in [3.05, 3.63) is 58.6 Å². The summed E-state index contributed by atoms with van der Waals surface area (Å²) in [5.41, 5.74) is 3.39. The van der Waals surface area contributed by atoms with E-state index in [9.17, 15) is 24.6 Å². The molecule has 44 heavy (non-hydrogen) atoms. The lowest BCUT2D eigenvalue weighted by molar-refractivity contribution is -0.121. The van der Waals surface area contributed by atoms with E-state index in [1.807, 2.05) is 13.8 Å². The predicted octanol–water partition coefficient (Wildman–Crippen LogP) is 2.71. The molecule has 3 rings (SSSR count). The smallest absolute Gasteiger partial charge is 0.405 e. The quantitative estimate of drug-likeness (QED) is 0.343. The van der Waals surface area contributed by atoms with E-state index in [-0.39, 0.29) is 41.7 Å². The van der Waals surface area contributed by atoms with Gasteiger partial charge in [0.05, 0.1) is 23.5 Å². The fraction of sp³-hybridized carbons (Fsp3) is 0.594. The molecule has 5 N–H and O–H groups in total. The number of ether oxygens (including phenoxy) is 5. The van der Waals surface area contributed by atoms with Gasteiger partial charge in [-0.15, -0.1) is 0 Å². The van der Waals surface area contributed by atoms with Crippen LogP contribution in [0.5, 0.6) is 0 Å². The number of primary amides is 1. The Balaban J connectivity index is 2.15. The highest BCUT2D eigenvalue weighted by Crippen LogP contribution is 2.46. The van der Waals surface area contributed by atoms with Crippen LogP contribution < -0.4 is 11.1 Å². The van der Waals surface area contributed by atoms with Gasteiger partial charge in [-0.2, -0.15) is 0 Å². The molecule has 3 aliphatic rings. The van der Waals surface area contributed by atoms with Crippen molar-refractivity contribution in [3.8, 4) is 0 Å². The number of amides is 2. The van der Waals surface area contributed by atoms with Gasteiger partial charge in [-0.1, -0.05) is 38.2 Å². The van der Waals surface area contributed by atoms with E-state index in [0.29, 0.717) is 12.0 Å². The van der Waals surface area contributed by atoms with Crippen molar-refractivity contribution in [2.75, 3.05) is 21.0 Å². The highest BCUT2D eigenvalue weighted by molar-refractivity contribution is 6.13. The Morgan fingerprint density at radius 3 is 2.45 bits per heavy atom. The Morgan fingerprint density at radius 2 is 1.86 bits per heavy atom. The molecule has 12 heteroatoms. The summed E-state index contributed by atoms with van der Waals surface area (Å²) in [7, 11) is 2.93. The lowest BCUT2D eigenvalue weighted by Crippen LogP contribution is -2.53. The Kier molecular flexibility index (Phi) is 11.4. The van der Waals surface area contributed by atoms with Crippen LogP contribution in [0.2, 0.25) is 0 Å². The molecule has 0 unspecified atom stereocenters. The number of rotatable bonds is 4. The number of fused-ring (bicyclic) bond motifs is 3. The summed E-state index contributed by atoms with van der Waals surface area (Å²) in [4.78, 5) is 38.9. The third-order valence-corrected chi connectivity index (χ3v) is 8.33. The monoisotopic (exact) mass is 618 g/mol. The van der Waals surface area contributed by atoms with Crippen LogP contribution in [-0.2, 0) is 33.3 Å². The standard InChI is InChI=1S/C32H46N2O10/c1-17-12-21-26(36)22(15-32(31(5,6)39)28(21)42-16-43-32)34-29(37)18(2)10-9-11-23(40-7)27(44-30(33)38)20(4)14-19(3)25(35)24(13-17)41-8/h9-11,14-15,17,19,23-25,27,35,39H,12-13,16H2,1-8H3,(H2,33,38)(H,34,37)/b11-9-,18-10+,20-14+/t17-,19+,23+,24+,25-,27+,32-/m1/s1. The van der Waals surface area contributed by atoms with Crippen LogP contribution in [-0.4, -0.2) is 84.6 Å².